The molecule has 2 fully saturated rings. The largest absolute Gasteiger partial charge is 0.460 e. The van der Waals surface area contributed by atoms with Gasteiger partial charge in [0.1, 0.15) is 12.7 Å². The topological polar surface area (TPSA) is 55.8 Å². The van der Waals surface area contributed by atoms with E-state index in [2.05, 4.69) is 0 Å². The first kappa shape index (κ1) is 12.0. The van der Waals surface area contributed by atoms with E-state index in [-0.39, 0.29) is 37.2 Å². The maximum atomic E-state index is 12.0. The van der Waals surface area contributed by atoms with Crippen molar-refractivity contribution < 1.29 is 19.1 Å². The minimum atomic E-state index is -0.366. The van der Waals surface area contributed by atoms with Crippen LogP contribution in [0.1, 0.15) is 18.4 Å². The summed E-state index contributed by atoms with van der Waals surface area (Å²) in [5, 5.41) is 0. The van der Waals surface area contributed by atoms with Crippen LogP contribution in [0.25, 0.3) is 0 Å². The normalized spacial score (nSPS) is 25.1. The van der Waals surface area contributed by atoms with Gasteiger partial charge in [0.05, 0.1) is 12.5 Å². The predicted octanol–water partition coefficient (Wildman–Crippen LogP) is 1.71. The molecule has 100 valence electrons. The molecule has 0 bridgehead atoms. The summed E-state index contributed by atoms with van der Waals surface area (Å²) in [7, 11) is 0. The van der Waals surface area contributed by atoms with Crippen LogP contribution in [0.2, 0.25) is 0 Å². The lowest BCUT2D eigenvalue weighted by atomic mass is 10.1. The Labute approximate surface area is 111 Å². The number of likely N-dealkylation sites (tertiary alicyclic amines) is 1. The smallest absolute Gasteiger partial charge is 0.410 e. The number of rotatable bonds is 2. The molecule has 1 aromatic carbocycles. The highest BCUT2D eigenvalue weighted by Gasteiger charge is 2.46. The molecule has 2 atom stereocenters. The standard InChI is InChI=1S/C14H15NO4/c16-13-8-11-12(19-13)6-7-15(11)14(17)18-9-10-4-2-1-3-5-10/h1-5,11-12H,6-9H2. The number of carbonyl (C=O) groups excluding carboxylic acids is 2. The maximum absolute atomic E-state index is 12.0. The van der Waals surface area contributed by atoms with Crippen molar-refractivity contribution in [2.24, 2.45) is 0 Å². The lowest BCUT2D eigenvalue weighted by molar-refractivity contribution is -0.141. The second kappa shape index (κ2) is 4.91. The van der Waals surface area contributed by atoms with Crippen molar-refractivity contribution in [3.8, 4) is 0 Å². The van der Waals surface area contributed by atoms with Crippen LogP contribution in [0.5, 0.6) is 0 Å². The Morgan fingerprint density at radius 1 is 1.37 bits per heavy atom. The molecule has 0 radical (unpaired) electrons. The first-order valence-electron chi connectivity index (χ1n) is 6.41. The van der Waals surface area contributed by atoms with Gasteiger partial charge in [-0.25, -0.2) is 4.79 Å². The van der Waals surface area contributed by atoms with Crippen LogP contribution in [-0.2, 0) is 20.9 Å². The summed E-state index contributed by atoms with van der Waals surface area (Å²) >= 11 is 0. The number of ether oxygens (including phenoxy) is 2. The molecular weight excluding hydrogens is 246 g/mol. The molecule has 5 nitrogen and oxygen atoms in total. The molecule has 19 heavy (non-hydrogen) atoms. The van der Waals surface area contributed by atoms with Crippen molar-refractivity contribution in [3.63, 3.8) is 0 Å². The van der Waals surface area contributed by atoms with Gasteiger partial charge in [-0.3, -0.25) is 4.79 Å². The lowest BCUT2D eigenvalue weighted by Gasteiger charge is -2.21. The Balaban J connectivity index is 1.58. The van der Waals surface area contributed by atoms with Gasteiger partial charge in [-0.15, -0.1) is 0 Å². The zero-order valence-corrected chi connectivity index (χ0v) is 10.5. The monoisotopic (exact) mass is 261 g/mol. The Hall–Kier alpha value is -2.04. The second-order valence-electron chi connectivity index (χ2n) is 4.82. The Morgan fingerprint density at radius 2 is 2.16 bits per heavy atom. The number of nitrogens with zero attached hydrogens (tertiary/aromatic N) is 1. The van der Waals surface area contributed by atoms with E-state index < -0.39 is 0 Å². The third kappa shape index (κ3) is 2.41. The molecule has 0 spiro atoms. The molecule has 0 N–H and O–H groups in total. The highest BCUT2D eigenvalue weighted by molar-refractivity contribution is 5.76. The van der Waals surface area contributed by atoms with E-state index >= 15 is 0 Å². The maximum Gasteiger partial charge on any atom is 0.410 e. The van der Waals surface area contributed by atoms with Crippen LogP contribution in [0, 0.1) is 0 Å². The van der Waals surface area contributed by atoms with E-state index in [0.29, 0.717) is 13.0 Å². The number of amides is 1. The Morgan fingerprint density at radius 3 is 2.95 bits per heavy atom. The van der Waals surface area contributed by atoms with Crippen molar-refractivity contribution in [1.82, 2.24) is 4.90 Å². The minimum absolute atomic E-state index is 0.142. The molecule has 0 aliphatic carbocycles. The van der Waals surface area contributed by atoms with E-state index in [4.69, 9.17) is 9.47 Å². The molecule has 5 heteroatoms. The van der Waals surface area contributed by atoms with Gasteiger partial charge in [-0.1, -0.05) is 30.3 Å². The average Bonchev–Trinajstić information content (AvgIpc) is 2.96. The van der Waals surface area contributed by atoms with E-state index in [9.17, 15) is 9.59 Å². The summed E-state index contributed by atoms with van der Waals surface area (Å²) < 4.78 is 10.4. The van der Waals surface area contributed by atoms with Gasteiger partial charge < -0.3 is 14.4 Å². The fraction of sp³-hybridized carbons (Fsp3) is 0.429. The Bertz CT molecular complexity index is 487. The summed E-state index contributed by atoms with van der Waals surface area (Å²) in [6.07, 6.45) is 0.480. The summed E-state index contributed by atoms with van der Waals surface area (Å²) in [4.78, 5) is 24.8. The van der Waals surface area contributed by atoms with Gasteiger partial charge in [0.25, 0.3) is 0 Å². The van der Waals surface area contributed by atoms with Crippen LogP contribution in [-0.4, -0.2) is 35.7 Å². The van der Waals surface area contributed by atoms with E-state index in [1.807, 2.05) is 30.3 Å². The summed E-state index contributed by atoms with van der Waals surface area (Å²) in [5.74, 6) is -0.226. The number of carbonyl (C=O) groups is 2. The van der Waals surface area contributed by atoms with Gasteiger partial charge in [-0.2, -0.15) is 0 Å². The molecule has 2 aliphatic heterocycles. The number of benzene rings is 1. The molecule has 1 aromatic rings. The van der Waals surface area contributed by atoms with E-state index in [0.717, 1.165) is 5.56 Å². The number of esters is 1. The molecule has 1 amide bonds. The fourth-order valence-corrected chi connectivity index (χ4v) is 2.62. The lowest BCUT2D eigenvalue weighted by Crippen LogP contribution is -2.37. The van der Waals surface area contributed by atoms with Crippen molar-refractivity contribution in [2.45, 2.75) is 31.6 Å². The van der Waals surface area contributed by atoms with Gasteiger partial charge in [0.15, 0.2) is 0 Å². The summed E-state index contributed by atoms with van der Waals surface area (Å²) in [6, 6.07) is 9.38. The van der Waals surface area contributed by atoms with Crippen molar-refractivity contribution >= 4 is 12.1 Å². The van der Waals surface area contributed by atoms with Gasteiger partial charge in [0, 0.05) is 13.0 Å². The quantitative estimate of drug-likeness (QED) is 0.760. The van der Waals surface area contributed by atoms with Crippen LogP contribution in [0.3, 0.4) is 0 Å². The zero-order chi connectivity index (χ0) is 13.2. The molecule has 2 unspecified atom stereocenters. The molecule has 2 aliphatic rings. The number of hydrogen-bond donors (Lipinski definition) is 0. The summed E-state index contributed by atoms with van der Waals surface area (Å²) in [6.45, 7) is 0.846. The third-order valence-corrected chi connectivity index (χ3v) is 3.58. The van der Waals surface area contributed by atoms with Gasteiger partial charge in [0.2, 0.25) is 0 Å². The molecule has 0 saturated carbocycles. The first-order chi connectivity index (χ1) is 9.24. The number of fused-ring (bicyclic) bond motifs is 1. The van der Waals surface area contributed by atoms with Crippen molar-refractivity contribution in [2.75, 3.05) is 6.54 Å². The van der Waals surface area contributed by atoms with Crippen molar-refractivity contribution in [1.29, 1.82) is 0 Å². The predicted molar refractivity (Wildman–Crippen MR) is 66.2 cm³/mol. The first-order valence-corrected chi connectivity index (χ1v) is 6.41. The van der Waals surface area contributed by atoms with Crippen molar-refractivity contribution in [3.05, 3.63) is 35.9 Å². The highest BCUT2D eigenvalue weighted by atomic mass is 16.6. The average molecular weight is 261 g/mol. The molecule has 2 heterocycles. The second-order valence-corrected chi connectivity index (χ2v) is 4.82. The molecular formula is C14H15NO4. The Kier molecular flexibility index (Phi) is 3.11. The van der Waals surface area contributed by atoms with E-state index in [1.54, 1.807) is 4.90 Å². The molecule has 2 saturated heterocycles. The summed E-state index contributed by atoms with van der Waals surface area (Å²) in [5.41, 5.74) is 0.949. The minimum Gasteiger partial charge on any atom is -0.460 e. The molecule has 0 aromatic heterocycles. The number of hydrogen-bond acceptors (Lipinski definition) is 4. The van der Waals surface area contributed by atoms with Crippen LogP contribution < -0.4 is 0 Å². The van der Waals surface area contributed by atoms with Gasteiger partial charge in [-0.05, 0) is 5.56 Å². The van der Waals surface area contributed by atoms with Crippen LogP contribution in [0.15, 0.2) is 30.3 Å². The van der Waals surface area contributed by atoms with Crippen LogP contribution >= 0.6 is 0 Å². The third-order valence-electron chi connectivity index (χ3n) is 3.58. The van der Waals surface area contributed by atoms with Crippen LogP contribution in [0.4, 0.5) is 4.79 Å². The van der Waals surface area contributed by atoms with Gasteiger partial charge >= 0.3 is 12.1 Å². The van der Waals surface area contributed by atoms with E-state index in [1.165, 1.54) is 0 Å². The fourth-order valence-electron chi connectivity index (χ4n) is 2.62. The SMILES string of the molecule is O=C1CC2C(CCN2C(=O)OCc2ccccc2)O1. The highest BCUT2D eigenvalue weighted by Crippen LogP contribution is 2.30. The molecule has 3 rings (SSSR count). The zero-order valence-electron chi connectivity index (χ0n) is 10.5.